The van der Waals surface area contributed by atoms with E-state index in [-0.39, 0.29) is 5.91 Å². The molecule has 2 aromatic rings. The summed E-state index contributed by atoms with van der Waals surface area (Å²) in [7, 11) is 1.60. The Kier molecular flexibility index (Phi) is 4.84. The molecule has 102 valence electrons. The zero-order valence-electron chi connectivity index (χ0n) is 10.3. The number of anilines is 2. The summed E-state index contributed by atoms with van der Waals surface area (Å²) >= 11 is 6.55. The predicted octanol–water partition coefficient (Wildman–Crippen LogP) is 3.17. The molecule has 0 saturated carbocycles. The van der Waals surface area contributed by atoms with Gasteiger partial charge in [0.15, 0.2) is 0 Å². The van der Waals surface area contributed by atoms with Gasteiger partial charge in [0, 0.05) is 18.5 Å². The Morgan fingerprint density at radius 1 is 1.42 bits per heavy atom. The van der Waals surface area contributed by atoms with E-state index < -0.39 is 0 Å². The van der Waals surface area contributed by atoms with Crippen molar-refractivity contribution in [1.29, 1.82) is 0 Å². The van der Waals surface area contributed by atoms with Gasteiger partial charge in [-0.25, -0.2) is 0 Å². The molecule has 0 radical (unpaired) electrons. The third-order valence-corrected chi connectivity index (χ3v) is 5.28. The van der Waals surface area contributed by atoms with E-state index in [4.69, 9.17) is 5.73 Å². The molecule has 2 rings (SSSR count). The Morgan fingerprint density at radius 2 is 2.21 bits per heavy atom. The van der Waals surface area contributed by atoms with Crippen molar-refractivity contribution in [3.63, 3.8) is 0 Å². The molecule has 0 unspecified atom stereocenters. The van der Waals surface area contributed by atoms with Crippen molar-refractivity contribution < 1.29 is 4.79 Å². The fourth-order valence-corrected chi connectivity index (χ4v) is 4.01. The molecule has 2 heterocycles. The third kappa shape index (κ3) is 3.71. The van der Waals surface area contributed by atoms with Crippen LogP contribution in [0.15, 0.2) is 22.0 Å². The second-order valence-corrected chi connectivity index (χ2v) is 7.46. The van der Waals surface area contributed by atoms with Crippen LogP contribution in [0.1, 0.15) is 14.5 Å². The molecule has 0 fully saturated rings. The second kappa shape index (κ2) is 6.40. The first kappa shape index (κ1) is 14.4. The molecule has 0 aromatic carbocycles. The summed E-state index contributed by atoms with van der Waals surface area (Å²) in [5.41, 5.74) is 6.33. The van der Waals surface area contributed by atoms with Crippen LogP contribution in [-0.4, -0.2) is 19.5 Å². The largest absolute Gasteiger partial charge is 0.397 e. The molecule has 4 N–H and O–H groups in total. The van der Waals surface area contributed by atoms with Crippen LogP contribution < -0.4 is 16.4 Å². The zero-order chi connectivity index (χ0) is 13.8. The van der Waals surface area contributed by atoms with Crippen LogP contribution >= 0.6 is 38.6 Å². The third-order valence-electron chi connectivity index (χ3n) is 2.49. The van der Waals surface area contributed by atoms with Gasteiger partial charge in [-0.3, -0.25) is 4.79 Å². The minimum atomic E-state index is -0.141. The van der Waals surface area contributed by atoms with E-state index in [1.807, 2.05) is 6.07 Å². The van der Waals surface area contributed by atoms with Crippen molar-refractivity contribution >= 4 is 55.2 Å². The number of nitrogen functional groups attached to an aromatic ring is 1. The normalized spacial score (nSPS) is 10.4. The number of halogens is 1. The SMILES string of the molecule is CNC(=O)c1sc(NCCc2ccc(Br)s2)cc1N. The first-order valence-corrected chi connectivity index (χ1v) is 8.12. The standard InChI is InChI=1S/C12H14BrN3OS2/c1-15-12(17)11-8(14)6-10(19-11)16-5-4-7-2-3-9(13)18-7/h2-3,6,16H,4-5,14H2,1H3,(H,15,17). The Labute approximate surface area is 128 Å². The molecular formula is C12H14BrN3OS2. The van der Waals surface area contributed by atoms with Gasteiger partial charge in [0.2, 0.25) is 0 Å². The molecule has 0 bridgehead atoms. The summed E-state index contributed by atoms with van der Waals surface area (Å²) in [6, 6.07) is 5.96. The lowest BCUT2D eigenvalue weighted by atomic mass is 10.3. The van der Waals surface area contributed by atoms with E-state index in [0.29, 0.717) is 10.6 Å². The Morgan fingerprint density at radius 3 is 2.84 bits per heavy atom. The Hall–Kier alpha value is -1.05. The van der Waals surface area contributed by atoms with E-state index in [2.05, 4.69) is 32.6 Å². The molecule has 0 aliphatic heterocycles. The van der Waals surface area contributed by atoms with Gasteiger partial charge in [-0.05, 0) is 40.5 Å². The Balaban J connectivity index is 1.91. The van der Waals surface area contributed by atoms with Crippen LogP contribution in [0.4, 0.5) is 10.7 Å². The summed E-state index contributed by atoms with van der Waals surface area (Å²) in [5.74, 6) is -0.141. The number of hydrogen-bond acceptors (Lipinski definition) is 5. The number of rotatable bonds is 5. The molecule has 2 aromatic heterocycles. The number of amides is 1. The quantitative estimate of drug-likeness (QED) is 0.767. The number of thiophene rings is 2. The molecule has 1 amide bonds. The van der Waals surface area contributed by atoms with Crippen LogP contribution in [0, 0.1) is 0 Å². The summed E-state index contributed by atoms with van der Waals surface area (Å²) in [5, 5.41) is 6.80. The minimum absolute atomic E-state index is 0.141. The molecule has 0 saturated heterocycles. The minimum Gasteiger partial charge on any atom is -0.397 e. The average Bonchev–Trinajstić information content (AvgIpc) is 2.95. The van der Waals surface area contributed by atoms with Gasteiger partial charge < -0.3 is 16.4 Å². The lowest BCUT2D eigenvalue weighted by molar-refractivity contribution is 0.0968. The molecule has 4 nitrogen and oxygen atoms in total. The first-order valence-electron chi connectivity index (χ1n) is 5.69. The highest BCUT2D eigenvalue weighted by Gasteiger charge is 2.12. The van der Waals surface area contributed by atoms with Crippen molar-refractivity contribution in [1.82, 2.24) is 5.32 Å². The van der Waals surface area contributed by atoms with E-state index in [1.54, 1.807) is 24.5 Å². The molecule has 7 heteroatoms. The smallest absolute Gasteiger partial charge is 0.263 e. The molecule has 0 aliphatic carbocycles. The highest BCUT2D eigenvalue weighted by molar-refractivity contribution is 9.11. The molecule has 0 aliphatic rings. The predicted molar refractivity (Wildman–Crippen MR) is 86.3 cm³/mol. The van der Waals surface area contributed by atoms with Gasteiger partial charge in [-0.15, -0.1) is 22.7 Å². The highest BCUT2D eigenvalue weighted by Crippen LogP contribution is 2.29. The van der Waals surface area contributed by atoms with Crippen molar-refractivity contribution in [2.75, 3.05) is 24.6 Å². The highest BCUT2D eigenvalue weighted by atomic mass is 79.9. The molecule has 0 atom stereocenters. The van der Waals surface area contributed by atoms with Gasteiger partial charge in [-0.2, -0.15) is 0 Å². The van der Waals surface area contributed by atoms with Gasteiger partial charge >= 0.3 is 0 Å². The molecule has 0 spiro atoms. The average molecular weight is 360 g/mol. The summed E-state index contributed by atoms with van der Waals surface area (Å²) in [6.45, 7) is 0.820. The van der Waals surface area contributed by atoms with E-state index in [9.17, 15) is 4.79 Å². The summed E-state index contributed by atoms with van der Waals surface area (Å²) in [6.07, 6.45) is 0.948. The topological polar surface area (TPSA) is 67.2 Å². The maximum absolute atomic E-state index is 11.5. The van der Waals surface area contributed by atoms with Gasteiger partial charge in [0.1, 0.15) is 4.88 Å². The first-order chi connectivity index (χ1) is 9.10. The maximum Gasteiger partial charge on any atom is 0.263 e. The van der Waals surface area contributed by atoms with Crippen LogP contribution in [0.5, 0.6) is 0 Å². The van der Waals surface area contributed by atoms with Crippen molar-refractivity contribution in [3.8, 4) is 0 Å². The van der Waals surface area contributed by atoms with Crippen LogP contribution in [0.2, 0.25) is 0 Å². The molecule has 19 heavy (non-hydrogen) atoms. The van der Waals surface area contributed by atoms with Crippen molar-refractivity contribution in [2.45, 2.75) is 6.42 Å². The monoisotopic (exact) mass is 359 g/mol. The van der Waals surface area contributed by atoms with Crippen molar-refractivity contribution in [2.24, 2.45) is 0 Å². The van der Waals surface area contributed by atoms with Gasteiger partial charge in [-0.1, -0.05) is 0 Å². The number of nitrogens with two attached hydrogens (primary N) is 1. The number of hydrogen-bond donors (Lipinski definition) is 3. The van der Waals surface area contributed by atoms with Crippen LogP contribution in [0.3, 0.4) is 0 Å². The number of carbonyl (C=O) groups is 1. The van der Waals surface area contributed by atoms with Crippen molar-refractivity contribution in [3.05, 3.63) is 31.7 Å². The number of carbonyl (C=O) groups excluding carboxylic acids is 1. The van der Waals surface area contributed by atoms with E-state index in [0.717, 1.165) is 21.8 Å². The zero-order valence-corrected chi connectivity index (χ0v) is 13.5. The van der Waals surface area contributed by atoms with E-state index >= 15 is 0 Å². The number of nitrogens with one attached hydrogen (secondary N) is 2. The van der Waals surface area contributed by atoms with Gasteiger partial charge in [0.25, 0.3) is 5.91 Å². The van der Waals surface area contributed by atoms with Gasteiger partial charge in [0.05, 0.1) is 14.5 Å². The lowest BCUT2D eigenvalue weighted by Crippen LogP contribution is -2.17. The summed E-state index contributed by atoms with van der Waals surface area (Å²) in [4.78, 5) is 13.4. The fourth-order valence-electron chi connectivity index (χ4n) is 1.58. The lowest BCUT2D eigenvalue weighted by Gasteiger charge is -2.01. The van der Waals surface area contributed by atoms with Crippen LogP contribution in [0.25, 0.3) is 0 Å². The second-order valence-electron chi connectivity index (χ2n) is 3.86. The maximum atomic E-state index is 11.5. The van der Waals surface area contributed by atoms with Crippen LogP contribution in [-0.2, 0) is 6.42 Å². The fraction of sp³-hybridized carbons (Fsp3) is 0.250. The summed E-state index contributed by atoms with van der Waals surface area (Å²) < 4.78 is 1.14. The van der Waals surface area contributed by atoms with E-state index in [1.165, 1.54) is 16.2 Å². The molecular weight excluding hydrogens is 346 g/mol. The Bertz CT molecular complexity index is 579.